The Hall–Kier alpha value is -1.33. The van der Waals surface area contributed by atoms with Gasteiger partial charge in [0.15, 0.2) is 0 Å². The molecule has 0 aliphatic carbocycles. The lowest BCUT2D eigenvalue weighted by Crippen LogP contribution is -2.21. The number of amides is 1. The van der Waals surface area contributed by atoms with Gasteiger partial charge in [-0.15, -0.1) is 11.3 Å². The molecule has 0 radical (unpaired) electrons. The maximum atomic E-state index is 11.8. The summed E-state index contributed by atoms with van der Waals surface area (Å²) < 4.78 is 1.09. The predicted molar refractivity (Wildman–Crippen MR) is 80.9 cm³/mol. The number of carbonyl (C=O) groups is 1. The van der Waals surface area contributed by atoms with Crippen LogP contribution in [0.4, 0.5) is 0 Å². The summed E-state index contributed by atoms with van der Waals surface area (Å²) in [5.74, 6) is 0.915. The average molecular weight is 292 g/mol. The highest BCUT2D eigenvalue weighted by atomic mass is 32.2. The predicted octanol–water partition coefficient (Wildman–Crippen LogP) is 3.45. The molecular weight excluding hydrogens is 276 g/mol. The van der Waals surface area contributed by atoms with Crippen LogP contribution in [0.1, 0.15) is 21.6 Å². The Bertz CT molecular complexity index is 561. The van der Waals surface area contributed by atoms with Gasteiger partial charge in [0.05, 0.1) is 0 Å². The van der Waals surface area contributed by atoms with Crippen molar-refractivity contribution in [2.45, 2.75) is 17.0 Å². The Balaban J connectivity index is 1.97. The fourth-order valence-electron chi connectivity index (χ4n) is 1.55. The molecule has 1 aromatic carbocycles. The SMILES string of the molecule is Cc1csc(SCc2ccc(C(=O)N(C)C)cc2)n1. The Morgan fingerprint density at radius 3 is 2.53 bits per heavy atom. The molecule has 0 unspecified atom stereocenters. The third kappa shape index (κ3) is 3.81. The number of rotatable bonds is 4. The molecule has 1 heterocycles. The summed E-state index contributed by atoms with van der Waals surface area (Å²) in [5.41, 5.74) is 3.00. The van der Waals surface area contributed by atoms with Gasteiger partial charge in [-0.05, 0) is 24.6 Å². The number of carbonyl (C=O) groups excluding carboxylic acids is 1. The van der Waals surface area contributed by atoms with Crippen LogP contribution in [0.2, 0.25) is 0 Å². The van der Waals surface area contributed by atoms with Gasteiger partial charge >= 0.3 is 0 Å². The Morgan fingerprint density at radius 1 is 1.32 bits per heavy atom. The third-order valence-corrected chi connectivity index (χ3v) is 4.78. The molecule has 19 heavy (non-hydrogen) atoms. The van der Waals surface area contributed by atoms with Crippen molar-refractivity contribution in [1.29, 1.82) is 0 Å². The smallest absolute Gasteiger partial charge is 0.253 e. The minimum absolute atomic E-state index is 0.0368. The summed E-state index contributed by atoms with van der Waals surface area (Å²) in [5, 5.41) is 2.06. The zero-order valence-electron chi connectivity index (χ0n) is 11.2. The molecule has 0 bridgehead atoms. The molecule has 5 heteroatoms. The Morgan fingerprint density at radius 2 is 2.00 bits per heavy atom. The van der Waals surface area contributed by atoms with Crippen LogP contribution in [-0.2, 0) is 5.75 Å². The highest BCUT2D eigenvalue weighted by Gasteiger charge is 2.07. The monoisotopic (exact) mass is 292 g/mol. The van der Waals surface area contributed by atoms with Crippen LogP contribution in [-0.4, -0.2) is 29.9 Å². The van der Waals surface area contributed by atoms with Gasteiger partial charge < -0.3 is 4.90 Å². The molecule has 1 amide bonds. The van der Waals surface area contributed by atoms with Gasteiger partial charge in [0.2, 0.25) is 0 Å². The second-order valence-electron chi connectivity index (χ2n) is 4.44. The van der Waals surface area contributed by atoms with E-state index in [2.05, 4.69) is 10.4 Å². The van der Waals surface area contributed by atoms with Gasteiger partial charge in [-0.1, -0.05) is 23.9 Å². The molecule has 2 aromatic rings. The molecule has 0 spiro atoms. The lowest BCUT2D eigenvalue weighted by atomic mass is 10.1. The van der Waals surface area contributed by atoms with Gasteiger partial charge in [-0.3, -0.25) is 4.79 Å². The van der Waals surface area contributed by atoms with Gasteiger partial charge in [-0.2, -0.15) is 0 Å². The summed E-state index contributed by atoms with van der Waals surface area (Å²) in [6.45, 7) is 2.00. The molecule has 0 N–H and O–H groups in total. The van der Waals surface area contributed by atoms with Crippen molar-refractivity contribution in [2.75, 3.05) is 14.1 Å². The van der Waals surface area contributed by atoms with E-state index in [-0.39, 0.29) is 5.91 Å². The summed E-state index contributed by atoms with van der Waals surface area (Å²) in [6.07, 6.45) is 0. The van der Waals surface area contributed by atoms with E-state index in [4.69, 9.17) is 0 Å². The average Bonchev–Trinajstić information content (AvgIpc) is 2.82. The zero-order chi connectivity index (χ0) is 13.8. The van der Waals surface area contributed by atoms with E-state index >= 15 is 0 Å². The molecule has 100 valence electrons. The van der Waals surface area contributed by atoms with Crippen LogP contribution in [0.25, 0.3) is 0 Å². The van der Waals surface area contributed by atoms with Gasteiger partial charge in [0.25, 0.3) is 5.91 Å². The molecule has 0 aliphatic rings. The number of benzene rings is 1. The van der Waals surface area contributed by atoms with Gasteiger partial charge in [0, 0.05) is 36.5 Å². The molecule has 3 nitrogen and oxygen atoms in total. The van der Waals surface area contributed by atoms with Crippen molar-refractivity contribution in [2.24, 2.45) is 0 Å². The fourth-order valence-corrected chi connectivity index (χ4v) is 3.35. The van der Waals surface area contributed by atoms with Gasteiger partial charge in [-0.25, -0.2) is 4.98 Å². The first-order valence-corrected chi connectivity index (χ1v) is 7.78. The van der Waals surface area contributed by atoms with Crippen LogP contribution < -0.4 is 0 Å². The second kappa shape index (κ2) is 6.21. The number of thiazole rings is 1. The van der Waals surface area contributed by atoms with E-state index in [9.17, 15) is 4.79 Å². The highest BCUT2D eigenvalue weighted by Crippen LogP contribution is 2.26. The molecule has 0 fully saturated rings. The lowest BCUT2D eigenvalue weighted by molar-refractivity contribution is 0.0827. The molecule has 0 saturated carbocycles. The van der Waals surface area contributed by atoms with Crippen LogP contribution in [0.3, 0.4) is 0 Å². The lowest BCUT2D eigenvalue weighted by Gasteiger charge is -2.10. The summed E-state index contributed by atoms with van der Waals surface area (Å²) in [7, 11) is 3.52. The summed E-state index contributed by atoms with van der Waals surface area (Å²) in [4.78, 5) is 17.8. The first kappa shape index (κ1) is 14.1. The topological polar surface area (TPSA) is 33.2 Å². The van der Waals surface area contributed by atoms with Crippen molar-refractivity contribution in [3.63, 3.8) is 0 Å². The van der Waals surface area contributed by atoms with Crippen LogP contribution in [0, 0.1) is 6.92 Å². The molecule has 1 aromatic heterocycles. The second-order valence-corrected chi connectivity index (χ2v) is 6.52. The standard InChI is InChI=1S/C14H16N2OS2/c1-10-8-18-14(15-10)19-9-11-4-6-12(7-5-11)13(17)16(2)3/h4-8H,9H2,1-3H3. The van der Waals surface area contributed by atoms with Crippen LogP contribution in [0.5, 0.6) is 0 Å². The first-order valence-electron chi connectivity index (χ1n) is 5.92. The number of thioether (sulfide) groups is 1. The Labute approximate surface area is 121 Å². The number of hydrogen-bond acceptors (Lipinski definition) is 4. The number of aromatic nitrogens is 1. The normalized spacial score (nSPS) is 10.5. The maximum absolute atomic E-state index is 11.8. The van der Waals surface area contributed by atoms with Crippen molar-refractivity contribution < 1.29 is 4.79 Å². The van der Waals surface area contributed by atoms with E-state index in [0.29, 0.717) is 0 Å². The van der Waals surface area contributed by atoms with Crippen LogP contribution in [0.15, 0.2) is 34.0 Å². The Kier molecular flexibility index (Phi) is 4.61. The third-order valence-electron chi connectivity index (χ3n) is 2.57. The highest BCUT2D eigenvalue weighted by molar-refractivity contribution is 8.00. The van der Waals surface area contributed by atoms with E-state index < -0.39 is 0 Å². The number of aryl methyl sites for hydroxylation is 1. The minimum atomic E-state index is 0.0368. The quantitative estimate of drug-likeness (QED) is 0.809. The van der Waals surface area contributed by atoms with Gasteiger partial charge in [0.1, 0.15) is 4.34 Å². The van der Waals surface area contributed by atoms with Crippen molar-refractivity contribution in [1.82, 2.24) is 9.88 Å². The summed E-state index contributed by atoms with van der Waals surface area (Å²) in [6, 6.07) is 7.77. The molecule has 2 rings (SSSR count). The maximum Gasteiger partial charge on any atom is 0.253 e. The van der Waals surface area contributed by atoms with E-state index in [1.54, 1.807) is 42.1 Å². The zero-order valence-corrected chi connectivity index (χ0v) is 12.8. The number of hydrogen-bond donors (Lipinski definition) is 0. The fraction of sp³-hybridized carbons (Fsp3) is 0.286. The van der Waals surface area contributed by atoms with Crippen molar-refractivity contribution in [3.8, 4) is 0 Å². The molecule has 0 atom stereocenters. The van der Waals surface area contributed by atoms with E-state index in [0.717, 1.165) is 21.3 Å². The molecular formula is C14H16N2OS2. The van der Waals surface area contributed by atoms with Crippen LogP contribution >= 0.6 is 23.1 Å². The first-order chi connectivity index (χ1) is 9.06. The number of nitrogens with zero attached hydrogens (tertiary/aromatic N) is 2. The molecule has 0 aliphatic heterocycles. The van der Waals surface area contributed by atoms with Crippen molar-refractivity contribution in [3.05, 3.63) is 46.5 Å². The minimum Gasteiger partial charge on any atom is -0.345 e. The summed E-state index contributed by atoms with van der Waals surface area (Å²) >= 11 is 3.40. The van der Waals surface area contributed by atoms with E-state index in [1.807, 2.05) is 31.2 Å². The van der Waals surface area contributed by atoms with E-state index in [1.165, 1.54) is 5.56 Å². The molecule has 0 saturated heterocycles. The largest absolute Gasteiger partial charge is 0.345 e. The van der Waals surface area contributed by atoms with Crippen molar-refractivity contribution >= 4 is 29.0 Å².